The van der Waals surface area contributed by atoms with Crippen LogP contribution in [0, 0.1) is 0 Å². The van der Waals surface area contributed by atoms with Crippen LogP contribution in [-0.2, 0) is 0 Å². The van der Waals surface area contributed by atoms with Gasteiger partial charge in [0.05, 0.1) is 17.9 Å². The van der Waals surface area contributed by atoms with E-state index in [9.17, 15) is 0 Å². The van der Waals surface area contributed by atoms with Crippen molar-refractivity contribution in [3.8, 4) is 5.95 Å². The van der Waals surface area contributed by atoms with Gasteiger partial charge < -0.3 is 5.32 Å². The minimum atomic E-state index is 0.521. The molecule has 3 aromatic rings. The molecule has 102 valence electrons. The van der Waals surface area contributed by atoms with Gasteiger partial charge in [-0.25, -0.2) is 4.98 Å². The lowest BCUT2D eigenvalue weighted by Crippen LogP contribution is -2.10. The lowest BCUT2D eigenvalue weighted by Gasteiger charge is -2.09. The first kappa shape index (κ1) is 12.9. The van der Waals surface area contributed by atoms with Gasteiger partial charge in [-0.3, -0.25) is 0 Å². The van der Waals surface area contributed by atoms with Crippen molar-refractivity contribution in [3.05, 3.63) is 36.7 Å². The number of anilines is 1. The van der Waals surface area contributed by atoms with E-state index in [0.29, 0.717) is 5.95 Å². The molecule has 0 amide bonds. The Morgan fingerprint density at radius 2 is 2.15 bits per heavy atom. The molecule has 7 heteroatoms. The highest BCUT2D eigenvalue weighted by molar-refractivity contribution is 7.98. The molecular formula is C13H14N6S. The normalized spacial score (nSPS) is 10.8. The van der Waals surface area contributed by atoms with Crippen LogP contribution in [-0.4, -0.2) is 43.5 Å². The van der Waals surface area contributed by atoms with Crippen LogP contribution in [0.15, 0.2) is 36.7 Å². The molecule has 0 radical (unpaired) electrons. The van der Waals surface area contributed by atoms with E-state index in [1.165, 1.54) is 0 Å². The first-order chi connectivity index (χ1) is 9.88. The molecule has 0 aliphatic carbocycles. The predicted molar refractivity (Wildman–Crippen MR) is 81.3 cm³/mol. The van der Waals surface area contributed by atoms with Gasteiger partial charge in [-0.1, -0.05) is 17.3 Å². The number of nitrogens with one attached hydrogen (secondary N) is 1. The molecule has 1 N–H and O–H groups in total. The lowest BCUT2D eigenvalue weighted by molar-refractivity contribution is 0.760. The number of hydrogen-bond donors (Lipinski definition) is 1. The lowest BCUT2D eigenvalue weighted by atomic mass is 10.2. The fourth-order valence-electron chi connectivity index (χ4n) is 1.89. The maximum Gasteiger partial charge on any atom is 0.254 e. The van der Waals surface area contributed by atoms with Crippen LogP contribution in [0.2, 0.25) is 0 Å². The number of thioether (sulfide) groups is 1. The zero-order chi connectivity index (χ0) is 13.8. The summed E-state index contributed by atoms with van der Waals surface area (Å²) in [6.45, 7) is 0.860. The van der Waals surface area contributed by atoms with Gasteiger partial charge in [0.2, 0.25) is 0 Å². The van der Waals surface area contributed by atoms with Gasteiger partial charge in [0.15, 0.2) is 0 Å². The summed E-state index contributed by atoms with van der Waals surface area (Å²) in [7, 11) is 0. The number of hydrogen-bond acceptors (Lipinski definition) is 6. The van der Waals surface area contributed by atoms with Crippen LogP contribution >= 0.6 is 11.8 Å². The van der Waals surface area contributed by atoms with Gasteiger partial charge in [-0.05, 0) is 18.4 Å². The topological polar surface area (TPSA) is 68.5 Å². The van der Waals surface area contributed by atoms with Crippen LogP contribution in [0.3, 0.4) is 0 Å². The minimum absolute atomic E-state index is 0.521. The second-order valence-electron chi connectivity index (χ2n) is 4.16. The Labute approximate surface area is 120 Å². The summed E-state index contributed by atoms with van der Waals surface area (Å²) >= 11 is 1.79. The van der Waals surface area contributed by atoms with Crippen molar-refractivity contribution in [2.75, 3.05) is 23.9 Å². The van der Waals surface area contributed by atoms with E-state index in [1.54, 1.807) is 28.8 Å². The van der Waals surface area contributed by atoms with Crippen molar-refractivity contribution in [2.24, 2.45) is 0 Å². The zero-order valence-electron chi connectivity index (χ0n) is 11.0. The summed E-state index contributed by atoms with van der Waals surface area (Å²) in [5, 5.41) is 12.1. The van der Waals surface area contributed by atoms with E-state index in [2.05, 4.69) is 31.9 Å². The summed E-state index contributed by atoms with van der Waals surface area (Å²) in [5.74, 6) is 2.37. The fraction of sp³-hybridized carbons (Fsp3) is 0.231. The average Bonchev–Trinajstić information content (AvgIpc) is 3.01. The first-order valence-corrected chi connectivity index (χ1v) is 7.64. The number of nitrogens with zero attached hydrogens (tertiary/aromatic N) is 5. The third-order valence-electron chi connectivity index (χ3n) is 2.82. The summed E-state index contributed by atoms with van der Waals surface area (Å²) < 4.78 is 1.56. The van der Waals surface area contributed by atoms with E-state index in [0.717, 1.165) is 29.0 Å². The van der Waals surface area contributed by atoms with Crippen molar-refractivity contribution < 1.29 is 0 Å². The molecule has 0 atom stereocenters. The fourth-order valence-corrected chi connectivity index (χ4v) is 2.19. The highest BCUT2D eigenvalue weighted by Gasteiger charge is 2.08. The van der Waals surface area contributed by atoms with E-state index in [1.807, 2.05) is 24.3 Å². The van der Waals surface area contributed by atoms with Crippen LogP contribution in [0.4, 0.5) is 5.82 Å². The molecule has 2 aromatic heterocycles. The minimum Gasteiger partial charge on any atom is -0.369 e. The summed E-state index contributed by atoms with van der Waals surface area (Å²) in [6.07, 6.45) is 5.43. The molecule has 0 fully saturated rings. The quantitative estimate of drug-likeness (QED) is 0.723. The highest BCUT2D eigenvalue weighted by atomic mass is 32.2. The molecule has 0 saturated carbocycles. The maximum absolute atomic E-state index is 4.54. The summed E-state index contributed by atoms with van der Waals surface area (Å²) in [4.78, 5) is 9.05. The van der Waals surface area contributed by atoms with E-state index >= 15 is 0 Å². The highest BCUT2D eigenvalue weighted by Crippen LogP contribution is 2.21. The Bertz CT molecular complexity index is 697. The molecular weight excluding hydrogens is 272 g/mol. The molecule has 0 unspecified atom stereocenters. The summed E-state index contributed by atoms with van der Waals surface area (Å²) in [6, 6.07) is 7.94. The number of benzene rings is 1. The van der Waals surface area contributed by atoms with Crippen LogP contribution < -0.4 is 5.32 Å². The molecule has 0 bridgehead atoms. The molecule has 0 spiro atoms. The van der Waals surface area contributed by atoms with Crippen molar-refractivity contribution in [1.29, 1.82) is 0 Å². The number of aromatic nitrogens is 5. The molecule has 0 saturated heterocycles. The Kier molecular flexibility index (Phi) is 3.78. The number of rotatable bonds is 5. The molecule has 1 aromatic carbocycles. The largest absolute Gasteiger partial charge is 0.369 e. The molecule has 3 rings (SSSR count). The molecule has 0 aliphatic rings. The van der Waals surface area contributed by atoms with E-state index in [4.69, 9.17) is 0 Å². The average molecular weight is 286 g/mol. The Hall–Kier alpha value is -2.15. The Morgan fingerprint density at radius 3 is 2.95 bits per heavy atom. The van der Waals surface area contributed by atoms with Crippen molar-refractivity contribution >= 4 is 28.5 Å². The second kappa shape index (κ2) is 5.87. The SMILES string of the molecule is CSCCNc1nc(-n2ccnn2)nc2ccccc12. The van der Waals surface area contributed by atoms with Gasteiger partial charge >= 0.3 is 0 Å². The second-order valence-corrected chi connectivity index (χ2v) is 5.14. The smallest absolute Gasteiger partial charge is 0.254 e. The van der Waals surface area contributed by atoms with Crippen molar-refractivity contribution in [2.45, 2.75) is 0 Å². The monoisotopic (exact) mass is 286 g/mol. The molecule has 6 nitrogen and oxygen atoms in total. The third-order valence-corrected chi connectivity index (χ3v) is 3.43. The van der Waals surface area contributed by atoms with Crippen LogP contribution in [0.5, 0.6) is 0 Å². The van der Waals surface area contributed by atoms with Gasteiger partial charge in [0.1, 0.15) is 5.82 Å². The number of fused-ring (bicyclic) bond motifs is 1. The van der Waals surface area contributed by atoms with Gasteiger partial charge in [0, 0.05) is 17.7 Å². The van der Waals surface area contributed by atoms with E-state index in [-0.39, 0.29) is 0 Å². The van der Waals surface area contributed by atoms with Crippen LogP contribution in [0.25, 0.3) is 16.9 Å². The van der Waals surface area contributed by atoms with Crippen LogP contribution in [0.1, 0.15) is 0 Å². The summed E-state index contributed by atoms with van der Waals surface area (Å²) in [5.41, 5.74) is 0.889. The van der Waals surface area contributed by atoms with Gasteiger partial charge in [-0.2, -0.15) is 21.4 Å². The Balaban J connectivity index is 2.05. The number of para-hydroxylation sites is 1. The van der Waals surface area contributed by atoms with Gasteiger partial charge in [0.25, 0.3) is 5.95 Å². The molecule has 20 heavy (non-hydrogen) atoms. The standard InChI is InChI=1S/C13H14N6S/c1-20-9-7-14-12-10-4-2-3-5-11(10)16-13(17-12)19-8-6-15-18-19/h2-6,8H,7,9H2,1H3,(H,14,16,17). The van der Waals surface area contributed by atoms with Crippen molar-refractivity contribution in [1.82, 2.24) is 25.0 Å². The molecule has 2 heterocycles. The zero-order valence-corrected chi connectivity index (χ0v) is 11.8. The van der Waals surface area contributed by atoms with Gasteiger partial charge in [-0.15, -0.1) is 5.10 Å². The maximum atomic E-state index is 4.54. The predicted octanol–water partition coefficient (Wildman–Crippen LogP) is 1.99. The van der Waals surface area contributed by atoms with Crippen molar-refractivity contribution in [3.63, 3.8) is 0 Å². The Morgan fingerprint density at radius 1 is 1.25 bits per heavy atom. The third kappa shape index (κ3) is 2.57. The first-order valence-electron chi connectivity index (χ1n) is 6.25. The van der Waals surface area contributed by atoms with E-state index < -0.39 is 0 Å². The molecule has 0 aliphatic heterocycles.